The number of nitrogens with zero attached hydrogens (tertiary/aromatic N) is 1. The zero-order chi connectivity index (χ0) is 14.2. The van der Waals surface area contributed by atoms with Gasteiger partial charge in [0.05, 0.1) is 28.8 Å². The third-order valence-corrected chi connectivity index (χ3v) is 3.64. The predicted octanol–water partition coefficient (Wildman–Crippen LogP) is 1.84. The highest BCUT2D eigenvalue weighted by molar-refractivity contribution is 6.37. The lowest BCUT2D eigenvalue weighted by atomic mass is 10.1. The molecule has 1 aromatic carbocycles. The van der Waals surface area contributed by atoms with E-state index in [0.717, 1.165) is 0 Å². The van der Waals surface area contributed by atoms with Gasteiger partial charge in [0.1, 0.15) is 5.75 Å². The molecule has 1 aromatic rings. The van der Waals surface area contributed by atoms with E-state index in [4.69, 9.17) is 33.7 Å². The molecule has 0 radical (unpaired) electrons. The van der Waals surface area contributed by atoms with Crippen LogP contribution in [-0.4, -0.2) is 25.5 Å². The molecule has 2 rings (SSSR count). The van der Waals surface area contributed by atoms with Gasteiger partial charge in [-0.3, -0.25) is 9.59 Å². The summed E-state index contributed by atoms with van der Waals surface area (Å²) < 4.78 is 5.09. The molecule has 1 fully saturated rings. The summed E-state index contributed by atoms with van der Waals surface area (Å²) in [6.07, 6.45) is 0.0939. The normalized spacial score (nSPS) is 18.8. The van der Waals surface area contributed by atoms with Gasteiger partial charge < -0.3 is 15.4 Å². The van der Waals surface area contributed by atoms with Crippen molar-refractivity contribution in [2.24, 2.45) is 11.7 Å². The molecule has 2 amide bonds. The Morgan fingerprint density at radius 1 is 1.42 bits per heavy atom. The van der Waals surface area contributed by atoms with Gasteiger partial charge in [-0.1, -0.05) is 23.2 Å². The number of primary amides is 1. The van der Waals surface area contributed by atoms with E-state index in [9.17, 15) is 9.59 Å². The van der Waals surface area contributed by atoms with Gasteiger partial charge >= 0.3 is 0 Å². The quantitative estimate of drug-likeness (QED) is 0.926. The number of amides is 2. The highest BCUT2D eigenvalue weighted by atomic mass is 35.5. The van der Waals surface area contributed by atoms with E-state index in [0.29, 0.717) is 21.5 Å². The largest absolute Gasteiger partial charge is 0.495 e. The van der Waals surface area contributed by atoms with Crippen molar-refractivity contribution in [3.05, 3.63) is 22.2 Å². The van der Waals surface area contributed by atoms with Crippen molar-refractivity contribution in [2.45, 2.75) is 6.42 Å². The average Bonchev–Trinajstić information content (AvgIpc) is 2.72. The van der Waals surface area contributed by atoms with Crippen molar-refractivity contribution < 1.29 is 14.3 Å². The summed E-state index contributed by atoms with van der Waals surface area (Å²) in [6.45, 7) is 0.221. The van der Waals surface area contributed by atoms with E-state index < -0.39 is 11.8 Å². The maximum Gasteiger partial charge on any atom is 0.227 e. The van der Waals surface area contributed by atoms with Gasteiger partial charge in [0.15, 0.2) is 0 Å². The van der Waals surface area contributed by atoms with Crippen LogP contribution in [0.15, 0.2) is 12.1 Å². The van der Waals surface area contributed by atoms with Crippen LogP contribution in [0.2, 0.25) is 10.0 Å². The van der Waals surface area contributed by atoms with Gasteiger partial charge in [0, 0.05) is 19.0 Å². The molecular weight excluding hydrogens is 291 g/mol. The zero-order valence-electron chi connectivity index (χ0n) is 10.2. The van der Waals surface area contributed by atoms with E-state index in [1.54, 1.807) is 6.07 Å². The number of halogens is 2. The number of rotatable bonds is 3. The van der Waals surface area contributed by atoms with Crippen LogP contribution in [0.3, 0.4) is 0 Å². The topological polar surface area (TPSA) is 72.6 Å². The number of methoxy groups -OCH3 is 1. The summed E-state index contributed by atoms with van der Waals surface area (Å²) in [5.41, 5.74) is 5.69. The molecule has 102 valence electrons. The Balaban J connectivity index is 2.37. The Kier molecular flexibility index (Phi) is 3.87. The maximum atomic E-state index is 11.9. The minimum Gasteiger partial charge on any atom is -0.495 e. The minimum absolute atomic E-state index is 0.0939. The fraction of sp³-hybridized carbons (Fsp3) is 0.333. The van der Waals surface area contributed by atoms with Crippen LogP contribution in [-0.2, 0) is 9.59 Å². The second-order valence-electron chi connectivity index (χ2n) is 4.25. The van der Waals surface area contributed by atoms with Crippen molar-refractivity contribution in [1.82, 2.24) is 0 Å². The summed E-state index contributed by atoms with van der Waals surface area (Å²) >= 11 is 12.0. The molecular formula is C12H12Cl2N2O3. The first-order chi connectivity index (χ1) is 8.93. The molecule has 1 saturated heterocycles. The second-order valence-corrected chi connectivity index (χ2v) is 5.06. The van der Waals surface area contributed by atoms with Crippen molar-refractivity contribution in [1.29, 1.82) is 0 Å². The molecule has 0 bridgehead atoms. The maximum absolute atomic E-state index is 11.9. The Morgan fingerprint density at radius 3 is 2.63 bits per heavy atom. The van der Waals surface area contributed by atoms with Crippen LogP contribution < -0.4 is 15.4 Å². The first kappa shape index (κ1) is 14.0. The number of carbonyl (C=O) groups excluding carboxylic acids is 2. The highest BCUT2D eigenvalue weighted by Gasteiger charge is 2.35. The molecule has 0 saturated carbocycles. The van der Waals surface area contributed by atoms with Crippen molar-refractivity contribution in [3.63, 3.8) is 0 Å². The molecule has 0 aromatic heterocycles. The second kappa shape index (κ2) is 5.27. The standard InChI is InChI=1S/C12H12Cl2N2O3/c1-19-10-4-9(7(13)3-8(10)14)16-5-6(12(15)18)2-11(16)17/h3-4,6H,2,5H2,1H3,(H2,15,18). The number of carbonyl (C=O) groups is 2. The van der Waals surface area contributed by atoms with Crippen molar-refractivity contribution >= 4 is 40.7 Å². The molecule has 1 unspecified atom stereocenters. The molecule has 19 heavy (non-hydrogen) atoms. The number of nitrogens with two attached hydrogens (primary N) is 1. The molecule has 1 aliphatic rings. The summed E-state index contributed by atoms with van der Waals surface area (Å²) in [5, 5.41) is 0.679. The van der Waals surface area contributed by atoms with Gasteiger partial charge in [-0.25, -0.2) is 0 Å². The number of hydrogen-bond donors (Lipinski definition) is 1. The molecule has 1 atom stereocenters. The highest BCUT2D eigenvalue weighted by Crippen LogP contribution is 2.38. The van der Waals surface area contributed by atoms with Crippen LogP contribution in [0.5, 0.6) is 5.75 Å². The molecule has 5 nitrogen and oxygen atoms in total. The summed E-state index contributed by atoms with van der Waals surface area (Å²) in [6, 6.07) is 3.08. The lowest BCUT2D eigenvalue weighted by Crippen LogP contribution is -2.28. The SMILES string of the molecule is COc1cc(N2CC(C(N)=O)CC2=O)c(Cl)cc1Cl. The fourth-order valence-electron chi connectivity index (χ4n) is 2.01. The Morgan fingerprint density at radius 2 is 2.11 bits per heavy atom. The Hall–Kier alpha value is -1.46. The van der Waals surface area contributed by atoms with E-state index in [1.165, 1.54) is 18.1 Å². The van der Waals surface area contributed by atoms with Gasteiger partial charge in [-0.2, -0.15) is 0 Å². The summed E-state index contributed by atoms with van der Waals surface area (Å²) in [5.74, 6) is -0.774. The molecule has 2 N–H and O–H groups in total. The number of anilines is 1. The van der Waals surface area contributed by atoms with E-state index in [-0.39, 0.29) is 18.9 Å². The molecule has 1 heterocycles. The third kappa shape index (κ3) is 2.62. The molecule has 0 aliphatic carbocycles. The summed E-state index contributed by atoms with van der Waals surface area (Å²) in [7, 11) is 1.47. The Bertz CT molecular complexity index is 548. The van der Waals surface area contributed by atoms with E-state index in [1.807, 2.05) is 0 Å². The first-order valence-corrected chi connectivity index (χ1v) is 6.32. The molecule has 0 spiro atoms. The van der Waals surface area contributed by atoms with Gasteiger partial charge in [0.2, 0.25) is 11.8 Å². The van der Waals surface area contributed by atoms with Crippen LogP contribution in [0.1, 0.15) is 6.42 Å². The molecule has 7 heteroatoms. The first-order valence-electron chi connectivity index (χ1n) is 5.56. The lowest BCUT2D eigenvalue weighted by molar-refractivity contribution is -0.123. The van der Waals surface area contributed by atoms with E-state index in [2.05, 4.69) is 0 Å². The van der Waals surface area contributed by atoms with Crippen molar-refractivity contribution in [3.8, 4) is 5.75 Å². The zero-order valence-corrected chi connectivity index (χ0v) is 11.7. The van der Waals surface area contributed by atoms with Crippen LogP contribution in [0.4, 0.5) is 5.69 Å². The van der Waals surface area contributed by atoms with Gasteiger partial charge in [0.25, 0.3) is 0 Å². The Labute approximate surface area is 120 Å². The van der Waals surface area contributed by atoms with Crippen LogP contribution >= 0.6 is 23.2 Å². The molecule has 1 aliphatic heterocycles. The van der Waals surface area contributed by atoms with Gasteiger partial charge in [-0.05, 0) is 6.07 Å². The number of benzene rings is 1. The minimum atomic E-state index is -0.495. The monoisotopic (exact) mass is 302 g/mol. The number of ether oxygens (including phenoxy) is 1. The number of hydrogen-bond acceptors (Lipinski definition) is 3. The average molecular weight is 303 g/mol. The van der Waals surface area contributed by atoms with Crippen LogP contribution in [0.25, 0.3) is 0 Å². The smallest absolute Gasteiger partial charge is 0.227 e. The van der Waals surface area contributed by atoms with Crippen molar-refractivity contribution in [2.75, 3.05) is 18.6 Å². The fourth-order valence-corrected chi connectivity index (χ4v) is 2.58. The summed E-state index contributed by atoms with van der Waals surface area (Å²) in [4.78, 5) is 24.5. The van der Waals surface area contributed by atoms with Crippen LogP contribution in [0, 0.1) is 5.92 Å². The lowest BCUT2D eigenvalue weighted by Gasteiger charge is -2.19. The van der Waals surface area contributed by atoms with Gasteiger partial charge in [-0.15, -0.1) is 0 Å². The predicted molar refractivity (Wildman–Crippen MR) is 72.7 cm³/mol. The third-order valence-electron chi connectivity index (χ3n) is 3.04. The van der Waals surface area contributed by atoms with E-state index >= 15 is 0 Å².